The highest BCUT2D eigenvalue weighted by Gasteiger charge is 2.08. The number of anilines is 1. The molecule has 1 aromatic carbocycles. The SMILES string of the molecule is CCCOCc1cc([N+](=O)[O-])ccc1N. The van der Waals surface area contributed by atoms with E-state index in [2.05, 4.69) is 0 Å². The Labute approximate surface area is 88.0 Å². The molecule has 82 valence electrons. The van der Waals surface area contributed by atoms with Crippen LogP contribution in [0.5, 0.6) is 0 Å². The molecule has 0 aliphatic carbocycles. The lowest BCUT2D eigenvalue weighted by molar-refractivity contribution is -0.384. The Bertz CT molecular complexity index is 353. The maximum atomic E-state index is 10.5. The summed E-state index contributed by atoms with van der Waals surface area (Å²) in [7, 11) is 0. The predicted octanol–water partition coefficient (Wildman–Crippen LogP) is 2.10. The van der Waals surface area contributed by atoms with E-state index < -0.39 is 4.92 Å². The summed E-state index contributed by atoms with van der Waals surface area (Å²) in [6, 6.07) is 4.37. The first kappa shape index (κ1) is 11.5. The molecule has 0 spiro atoms. The fraction of sp³-hybridized carbons (Fsp3) is 0.400. The lowest BCUT2D eigenvalue weighted by Crippen LogP contribution is -2.00. The summed E-state index contributed by atoms with van der Waals surface area (Å²) in [4.78, 5) is 10.1. The second kappa shape index (κ2) is 5.31. The molecule has 0 unspecified atom stereocenters. The van der Waals surface area contributed by atoms with Gasteiger partial charge in [-0.2, -0.15) is 0 Å². The van der Waals surface area contributed by atoms with Gasteiger partial charge in [-0.05, 0) is 12.5 Å². The number of benzene rings is 1. The molecule has 0 aliphatic rings. The van der Waals surface area contributed by atoms with Crippen molar-refractivity contribution in [3.05, 3.63) is 33.9 Å². The molecule has 0 aromatic heterocycles. The Morgan fingerprint density at radius 3 is 2.87 bits per heavy atom. The highest BCUT2D eigenvalue weighted by molar-refractivity contribution is 5.52. The number of nitro benzene ring substituents is 1. The average molecular weight is 210 g/mol. The van der Waals surface area contributed by atoms with Gasteiger partial charge in [0.1, 0.15) is 0 Å². The van der Waals surface area contributed by atoms with Crippen LogP contribution in [0.4, 0.5) is 11.4 Å². The first-order valence-electron chi connectivity index (χ1n) is 4.75. The van der Waals surface area contributed by atoms with Crippen LogP contribution < -0.4 is 5.73 Å². The number of nitrogens with zero attached hydrogens (tertiary/aromatic N) is 1. The van der Waals surface area contributed by atoms with Crippen molar-refractivity contribution in [2.75, 3.05) is 12.3 Å². The van der Waals surface area contributed by atoms with E-state index in [1.165, 1.54) is 18.2 Å². The van der Waals surface area contributed by atoms with E-state index in [9.17, 15) is 10.1 Å². The zero-order valence-electron chi connectivity index (χ0n) is 8.60. The van der Waals surface area contributed by atoms with Crippen LogP contribution in [0.3, 0.4) is 0 Å². The molecule has 2 N–H and O–H groups in total. The molecule has 0 aliphatic heterocycles. The standard InChI is InChI=1S/C10H14N2O3/c1-2-5-15-7-8-6-9(12(13)14)3-4-10(8)11/h3-4,6H,2,5,7,11H2,1H3. The molecule has 0 atom stereocenters. The van der Waals surface area contributed by atoms with Gasteiger partial charge in [-0.25, -0.2) is 0 Å². The number of rotatable bonds is 5. The minimum absolute atomic E-state index is 0.0410. The topological polar surface area (TPSA) is 78.4 Å². The largest absolute Gasteiger partial charge is 0.398 e. The van der Waals surface area contributed by atoms with Crippen molar-refractivity contribution in [1.29, 1.82) is 0 Å². The Morgan fingerprint density at radius 2 is 2.27 bits per heavy atom. The minimum Gasteiger partial charge on any atom is -0.398 e. The van der Waals surface area contributed by atoms with Gasteiger partial charge in [0.15, 0.2) is 0 Å². The Hall–Kier alpha value is -1.62. The van der Waals surface area contributed by atoms with Crippen LogP contribution in [-0.4, -0.2) is 11.5 Å². The maximum Gasteiger partial charge on any atom is 0.269 e. The van der Waals surface area contributed by atoms with E-state index in [-0.39, 0.29) is 5.69 Å². The van der Waals surface area contributed by atoms with Gasteiger partial charge in [0, 0.05) is 30.0 Å². The summed E-state index contributed by atoms with van der Waals surface area (Å²) in [6.45, 7) is 2.94. The van der Waals surface area contributed by atoms with E-state index >= 15 is 0 Å². The van der Waals surface area contributed by atoms with Crippen molar-refractivity contribution in [1.82, 2.24) is 0 Å². The molecule has 5 heteroatoms. The highest BCUT2D eigenvalue weighted by Crippen LogP contribution is 2.20. The molecular weight excluding hydrogens is 196 g/mol. The molecule has 5 nitrogen and oxygen atoms in total. The van der Waals surface area contributed by atoms with Crippen molar-refractivity contribution < 1.29 is 9.66 Å². The third-order valence-corrected chi connectivity index (χ3v) is 1.94. The van der Waals surface area contributed by atoms with Crippen LogP contribution in [0.1, 0.15) is 18.9 Å². The number of ether oxygens (including phenoxy) is 1. The second-order valence-electron chi connectivity index (χ2n) is 3.19. The summed E-state index contributed by atoms with van der Waals surface area (Å²) in [6.07, 6.45) is 0.912. The van der Waals surface area contributed by atoms with Crippen molar-refractivity contribution in [3.8, 4) is 0 Å². The van der Waals surface area contributed by atoms with Crippen molar-refractivity contribution in [2.45, 2.75) is 20.0 Å². The van der Waals surface area contributed by atoms with Crippen LogP contribution in [0.15, 0.2) is 18.2 Å². The first-order valence-corrected chi connectivity index (χ1v) is 4.75. The number of hydrogen-bond acceptors (Lipinski definition) is 4. The molecule has 0 fully saturated rings. The van der Waals surface area contributed by atoms with Gasteiger partial charge in [0.2, 0.25) is 0 Å². The maximum absolute atomic E-state index is 10.5. The van der Waals surface area contributed by atoms with E-state index in [1.807, 2.05) is 6.92 Å². The van der Waals surface area contributed by atoms with E-state index in [0.29, 0.717) is 24.5 Å². The minimum atomic E-state index is -0.442. The molecule has 15 heavy (non-hydrogen) atoms. The van der Waals surface area contributed by atoms with Gasteiger partial charge in [0.25, 0.3) is 5.69 Å². The zero-order valence-corrected chi connectivity index (χ0v) is 8.60. The second-order valence-corrected chi connectivity index (χ2v) is 3.19. The summed E-state index contributed by atoms with van der Waals surface area (Å²) in [5.41, 5.74) is 6.90. The quantitative estimate of drug-likeness (QED) is 0.349. The van der Waals surface area contributed by atoms with E-state index in [1.54, 1.807) is 0 Å². The summed E-state index contributed by atoms with van der Waals surface area (Å²) < 4.78 is 5.28. The summed E-state index contributed by atoms with van der Waals surface area (Å²) in [5.74, 6) is 0. The van der Waals surface area contributed by atoms with Crippen LogP contribution in [0, 0.1) is 10.1 Å². The smallest absolute Gasteiger partial charge is 0.269 e. The fourth-order valence-corrected chi connectivity index (χ4v) is 1.16. The first-order chi connectivity index (χ1) is 7.15. The molecular formula is C10H14N2O3. The molecule has 0 radical (unpaired) electrons. The third-order valence-electron chi connectivity index (χ3n) is 1.94. The molecule has 0 bridgehead atoms. The van der Waals surface area contributed by atoms with E-state index in [0.717, 1.165) is 6.42 Å². The monoisotopic (exact) mass is 210 g/mol. The zero-order chi connectivity index (χ0) is 11.3. The van der Waals surface area contributed by atoms with Gasteiger partial charge in [-0.3, -0.25) is 10.1 Å². The van der Waals surface area contributed by atoms with Gasteiger partial charge in [0.05, 0.1) is 11.5 Å². The number of nitro groups is 1. The van der Waals surface area contributed by atoms with Gasteiger partial charge in [-0.1, -0.05) is 6.92 Å². The number of hydrogen-bond donors (Lipinski definition) is 1. The van der Waals surface area contributed by atoms with Gasteiger partial charge >= 0.3 is 0 Å². The lowest BCUT2D eigenvalue weighted by atomic mass is 10.2. The molecule has 0 heterocycles. The molecule has 0 saturated carbocycles. The van der Waals surface area contributed by atoms with Crippen LogP contribution in [0.2, 0.25) is 0 Å². The van der Waals surface area contributed by atoms with Crippen LogP contribution in [0.25, 0.3) is 0 Å². The van der Waals surface area contributed by atoms with Gasteiger partial charge in [-0.15, -0.1) is 0 Å². The Balaban J connectivity index is 2.76. The van der Waals surface area contributed by atoms with E-state index in [4.69, 9.17) is 10.5 Å². The van der Waals surface area contributed by atoms with Crippen LogP contribution >= 0.6 is 0 Å². The molecule has 0 saturated heterocycles. The number of nitrogens with two attached hydrogens (primary N) is 1. The summed E-state index contributed by atoms with van der Waals surface area (Å²) >= 11 is 0. The van der Waals surface area contributed by atoms with Gasteiger partial charge < -0.3 is 10.5 Å². The number of non-ortho nitro benzene ring substituents is 1. The normalized spacial score (nSPS) is 10.2. The number of nitrogen functional groups attached to an aromatic ring is 1. The fourth-order valence-electron chi connectivity index (χ4n) is 1.16. The van der Waals surface area contributed by atoms with Crippen molar-refractivity contribution in [3.63, 3.8) is 0 Å². The van der Waals surface area contributed by atoms with Crippen LogP contribution in [-0.2, 0) is 11.3 Å². The van der Waals surface area contributed by atoms with Crippen molar-refractivity contribution in [2.24, 2.45) is 0 Å². The average Bonchev–Trinajstić information content (AvgIpc) is 2.20. The lowest BCUT2D eigenvalue weighted by Gasteiger charge is -2.05. The molecule has 1 rings (SSSR count). The molecule has 0 amide bonds. The highest BCUT2D eigenvalue weighted by atomic mass is 16.6. The predicted molar refractivity (Wildman–Crippen MR) is 57.5 cm³/mol. The Morgan fingerprint density at radius 1 is 1.53 bits per heavy atom. The van der Waals surface area contributed by atoms with Crippen molar-refractivity contribution >= 4 is 11.4 Å². The Kier molecular flexibility index (Phi) is 4.05. The third kappa shape index (κ3) is 3.21. The summed E-state index contributed by atoms with van der Waals surface area (Å²) in [5, 5.41) is 10.5. The molecule has 1 aromatic rings.